The van der Waals surface area contributed by atoms with Crippen LogP contribution in [0.2, 0.25) is 0 Å². The van der Waals surface area contributed by atoms with Crippen LogP contribution in [0.3, 0.4) is 0 Å². The molecule has 6 nitrogen and oxygen atoms in total. The maximum absolute atomic E-state index is 10.7. The van der Waals surface area contributed by atoms with E-state index < -0.39 is 16.8 Å². The second-order valence-corrected chi connectivity index (χ2v) is 3.20. The van der Waals surface area contributed by atoms with Gasteiger partial charge in [-0.2, -0.15) is 5.26 Å². The van der Waals surface area contributed by atoms with Gasteiger partial charge in [-0.1, -0.05) is 0 Å². The summed E-state index contributed by atoms with van der Waals surface area (Å²) in [6.07, 6.45) is 0. The lowest BCUT2D eigenvalue weighted by Gasteiger charge is -2.07. The molecule has 0 aliphatic carbocycles. The average molecular weight is 220 g/mol. The van der Waals surface area contributed by atoms with Gasteiger partial charge >= 0.3 is 5.97 Å². The Balaban J connectivity index is 3.35. The van der Waals surface area contributed by atoms with Crippen molar-refractivity contribution >= 4 is 11.7 Å². The first-order chi connectivity index (χ1) is 7.47. The Hall–Kier alpha value is -2.42. The Labute approximate surface area is 90.9 Å². The van der Waals surface area contributed by atoms with E-state index in [-0.39, 0.29) is 16.8 Å². The van der Waals surface area contributed by atoms with Crippen molar-refractivity contribution in [3.63, 3.8) is 0 Å². The second-order valence-electron chi connectivity index (χ2n) is 3.20. The summed E-state index contributed by atoms with van der Waals surface area (Å²) >= 11 is 0. The van der Waals surface area contributed by atoms with Crippen molar-refractivity contribution in [2.45, 2.75) is 12.8 Å². The van der Waals surface area contributed by atoms with Crippen molar-refractivity contribution in [3.8, 4) is 6.07 Å². The number of nitro groups is 1. The molecule has 1 unspecified atom stereocenters. The van der Waals surface area contributed by atoms with E-state index in [1.807, 2.05) is 0 Å². The monoisotopic (exact) mass is 220 g/mol. The van der Waals surface area contributed by atoms with E-state index in [1.54, 1.807) is 6.07 Å². The van der Waals surface area contributed by atoms with Crippen molar-refractivity contribution in [1.29, 1.82) is 5.26 Å². The van der Waals surface area contributed by atoms with Crippen LogP contribution in [0.25, 0.3) is 0 Å². The molecule has 0 aliphatic heterocycles. The van der Waals surface area contributed by atoms with Crippen molar-refractivity contribution in [3.05, 3.63) is 39.4 Å². The van der Waals surface area contributed by atoms with Gasteiger partial charge in [0, 0.05) is 11.6 Å². The fraction of sp³-hybridized carbons (Fsp3) is 0.200. The van der Waals surface area contributed by atoms with Gasteiger partial charge in [-0.3, -0.25) is 14.9 Å². The third kappa shape index (κ3) is 2.15. The SMILES string of the molecule is CC(C(=O)O)c1ccc(C#N)cc1[N+](=O)[O-]. The highest BCUT2D eigenvalue weighted by Crippen LogP contribution is 2.27. The molecule has 0 amide bonds. The minimum Gasteiger partial charge on any atom is -0.481 e. The largest absolute Gasteiger partial charge is 0.481 e. The topological polar surface area (TPSA) is 104 Å². The molecule has 1 aromatic rings. The first-order valence-corrected chi connectivity index (χ1v) is 4.38. The highest BCUT2D eigenvalue weighted by molar-refractivity contribution is 5.77. The molecule has 1 atom stereocenters. The van der Waals surface area contributed by atoms with Gasteiger partial charge in [-0.25, -0.2) is 0 Å². The summed E-state index contributed by atoms with van der Waals surface area (Å²) in [5.41, 5.74) is -0.113. The van der Waals surface area contributed by atoms with Crippen LogP contribution in [0.5, 0.6) is 0 Å². The first kappa shape index (κ1) is 11.7. The predicted molar refractivity (Wildman–Crippen MR) is 53.9 cm³/mol. The number of hydrogen-bond donors (Lipinski definition) is 1. The van der Waals surface area contributed by atoms with E-state index in [0.29, 0.717) is 0 Å². The Morgan fingerprint density at radius 1 is 1.62 bits per heavy atom. The molecule has 16 heavy (non-hydrogen) atoms. The zero-order valence-corrected chi connectivity index (χ0v) is 8.38. The van der Waals surface area contributed by atoms with Gasteiger partial charge in [0.15, 0.2) is 0 Å². The van der Waals surface area contributed by atoms with Gasteiger partial charge in [0.1, 0.15) is 0 Å². The number of carboxylic acid groups (broad SMARTS) is 1. The van der Waals surface area contributed by atoms with Crippen LogP contribution in [0.1, 0.15) is 24.0 Å². The number of aliphatic carboxylic acids is 1. The minimum absolute atomic E-state index is 0.0940. The molecule has 1 rings (SSSR count). The number of carboxylic acids is 1. The molecule has 0 spiro atoms. The minimum atomic E-state index is -1.15. The van der Waals surface area contributed by atoms with Crippen LogP contribution in [-0.4, -0.2) is 16.0 Å². The van der Waals surface area contributed by atoms with Gasteiger partial charge in [0.25, 0.3) is 5.69 Å². The van der Waals surface area contributed by atoms with E-state index in [4.69, 9.17) is 10.4 Å². The van der Waals surface area contributed by atoms with Crippen LogP contribution in [0, 0.1) is 21.4 Å². The van der Waals surface area contributed by atoms with Gasteiger partial charge in [-0.05, 0) is 19.1 Å². The van der Waals surface area contributed by atoms with E-state index in [0.717, 1.165) is 6.07 Å². The highest BCUT2D eigenvalue weighted by atomic mass is 16.6. The van der Waals surface area contributed by atoms with E-state index >= 15 is 0 Å². The Morgan fingerprint density at radius 2 is 2.25 bits per heavy atom. The van der Waals surface area contributed by atoms with Gasteiger partial charge < -0.3 is 5.11 Å². The van der Waals surface area contributed by atoms with Crippen LogP contribution in [-0.2, 0) is 4.79 Å². The lowest BCUT2D eigenvalue weighted by atomic mass is 9.98. The molecule has 0 saturated carbocycles. The second kappa shape index (κ2) is 4.40. The van der Waals surface area contributed by atoms with Crippen LogP contribution < -0.4 is 0 Å². The maximum Gasteiger partial charge on any atom is 0.310 e. The van der Waals surface area contributed by atoms with E-state index in [9.17, 15) is 14.9 Å². The molecular weight excluding hydrogens is 212 g/mol. The molecule has 0 saturated heterocycles. The zero-order valence-electron chi connectivity index (χ0n) is 8.38. The fourth-order valence-electron chi connectivity index (χ4n) is 1.27. The number of nitriles is 1. The van der Waals surface area contributed by atoms with Crippen LogP contribution >= 0.6 is 0 Å². The lowest BCUT2D eigenvalue weighted by Crippen LogP contribution is -2.09. The van der Waals surface area contributed by atoms with Gasteiger partial charge in [0.05, 0.1) is 22.5 Å². The molecule has 0 radical (unpaired) electrons. The number of nitro benzene ring substituents is 1. The quantitative estimate of drug-likeness (QED) is 0.616. The number of benzene rings is 1. The van der Waals surface area contributed by atoms with Crippen LogP contribution in [0.15, 0.2) is 18.2 Å². The van der Waals surface area contributed by atoms with Gasteiger partial charge in [0.2, 0.25) is 0 Å². The first-order valence-electron chi connectivity index (χ1n) is 4.38. The van der Waals surface area contributed by atoms with E-state index in [2.05, 4.69) is 0 Å². The summed E-state index contributed by atoms with van der Waals surface area (Å²) in [6, 6.07) is 5.51. The maximum atomic E-state index is 10.7. The lowest BCUT2D eigenvalue weighted by molar-refractivity contribution is -0.385. The van der Waals surface area contributed by atoms with Crippen molar-refractivity contribution in [2.75, 3.05) is 0 Å². The molecule has 1 N–H and O–H groups in total. The molecule has 82 valence electrons. The van der Waals surface area contributed by atoms with Crippen molar-refractivity contribution in [2.24, 2.45) is 0 Å². The summed E-state index contributed by atoms with van der Waals surface area (Å²) < 4.78 is 0. The summed E-state index contributed by atoms with van der Waals surface area (Å²) in [6.45, 7) is 1.36. The molecule has 0 fully saturated rings. The Bertz CT molecular complexity index is 490. The fourth-order valence-corrected chi connectivity index (χ4v) is 1.27. The molecular formula is C10H8N2O4. The Morgan fingerprint density at radius 3 is 2.69 bits per heavy atom. The van der Waals surface area contributed by atoms with Crippen molar-refractivity contribution < 1.29 is 14.8 Å². The summed E-state index contributed by atoms with van der Waals surface area (Å²) in [4.78, 5) is 20.8. The smallest absolute Gasteiger partial charge is 0.310 e. The Kier molecular flexibility index (Phi) is 3.20. The summed E-state index contributed by atoms with van der Waals surface area (Å²) in [5.74, 6) is -2.12. The zero-order chi connectivity index (χ0) is 12.3. The summed E-state index contributed by atoms with van der Waals surface area (Å²) in [7, 11) is 0. The molecule has 0 bridgehead atoms. The van der Waals surface area contributed by atoms with E-state index in [1.165, 1.54) is 19.1 Å². The normalized spacial score (nSPS) is 11.5. The molecule has 0 aromatic heterocycles. The molecule has 1 aromatic carbocycles. The van der Waals surface area contributed by atoms with Crippen molar-refractivity contribution in [1.82, 2.24) is 0 Å². The number of hydrogen-bond acceptors (Lipinski definition) is 4. The van der Waals surface area contributed by atoms with Crippen LogP contribution in [0.4, 0.5) is 5.69 Å². The molecule has 0 heterocycles. The van der Waals surface area contributed by atoms with Gasteiger partial charge in [-0.15, -0.1) is 0 Å². The highest BCUT2D eigenvalue weighted by Gasteiger charge is 2.24. The number of rotatable bonds is 3. The third-order valence-corrected chi connectivity index (χ3v) is 2.19. The predicted octanol–water partition coefficient (Wildman–Crippen LogP) is 1.65. The summed E-state index contributed by atoms with van der Waals surface area (Å²) in [5, 5.41) is 28.1. The standard InChI is InChI=1S/C10H8N2O4/c1-6(10(13)14)8-3-2-7(5-11)4-9(8)12(15)16/h2-4,6H,1H3,(H,13,14). The molecule has 0 aliphatic rings. The average Bonchev–Trinajstić information content (AvgIpc) is 2.26. The molecule has 6 heteroatoms. The number of carbonyl (C=O) groups is 1. The third-order valence-electron chi connectivity index (χ3n) is 2.19. The number of nitrogens with zero attached hydrogens (tertiary/aromatic N) is 2.